The Hall–Kier alpha value is -2.97. The predicted octanol–water partition coefficient (Wildman–Crippen LogP) is 1.84. The molecule has 1 aliphatic carbocycles. The molecule has 0 radical (unpaired) electrons. The van der Waals surface area contributed by atoms with Gasteiger partial charge in [0.2, 0.25) is 11.7 Å². The SMILES string of the molecule is CC/C=C/C(=C\C=C(/C)C(=O)/C(NC)=C(/C)N)NC(=O)C1C(C(=O)O)C1(F)F. The van der Waals surface area contributed by atoms with E-state index in [0.717, 1.165) is 0 Å². The summed E-state index contributed by atoms with van der Waals surface area (Å²) >= 11 is 0. The second-order valence-electron chi connectivity index (χ2n) is 6.38. The molecule has 0 saturated heterocycles. The van der Waals surface area contributed by atoms with Crippen LogP contribution in [-0.2, 0) is 14.4 Å². The monoisotopic (exact) mass is 397 g/mol. The van der Waals surface area contributed by atoms with E-state index < -0.39 is 29.6 Å². The fourth-order valence-corrected chi connectivity index (χ4v) is 2.54. The summed E-state index contributed by atoms with van der Waals surface area (Å²) in [7, 11) is 1.55. The van der Waals surface area contributed by atoms with Crippen molar-refractivity contribution in [1.29, 1.82) is 0 Å². The minimum absolute atomic E-state index is 0.158. The van der Waals surface area contributed by atoms with Crippen molar-refractivity contribution >= 4 is 17.7 Å². The Morgan fingerprint density at radius 3 is 2.21 bits per heavy atom. The van der Waals surface area contributed by atoms with Crippen LogP contribution in [0.3, 0.4) is 0 Å². The van der Waals surface area contributed by atoms with Crippen LogP contribution in [0.4, 0.5) is 8.78 Å². The van der Waals surface area contributed by atoms with Gasteiger partial charge in [-0.05, 0) is 38.0 Å². The molecule has 1 aliphatic rings. The molecule has 1 saturated carbocycles. The number of likely N-dealkylation sites (N-methyl/N-ethyl adjacent to an activating group) is 1. The zero-order valence-corrected chi connectivity index (χ0v) is 16.2. The third-order valence-corrected chi connectivity index (χ3v) is 4.15. The second-order valence-corrected chi connectivity index (χ2v) is 6.38. The highest BCUT2D eigenvalue weighted by atomic mass is 19.3. The van der Waals surface area contributed by atoms with E-state index in [9.17, 15) is 23.2 Å². The van der Waals surface area contributed by atoms with Gasteiger partial charge in [-0.3, -0.25) is 14.4 Å². The number of carbonyl (C=O) groups is 3. The minimum Gasteiger partial charge on any atom is -0.481 e. The molecule has 1 fully saturated rings. The summed E-state index contributed by atoms with van der Waals surface area (Å²) in [5.41, 5.74) is 6.62. The molecule has 154 valence electrons. The number of nitrogens with two attached hydrogens (primary N) is 1. The van der Waals surface area contributed by atoms with Crippen molar-refractivity contribution < 1.29 is 28.3 Å². The lowest BCUT2D eigenvalue weighted by Gasteiger charge is -2.08. The van der Waals surface area contributed by atoms with Crippen LogP contribution in [-0.4, -0.2) is 35.7 Å². The van der Waals surface area contributed by atoms with Crippen LogP contribution >= 0.6 is 0 Å². The van der Waals surface area contributed by atoms with Crippen molar-refractivity contribution in [2.75, 3.05) is 7.05 Å². The lowest BCUT2D eigenvalue weighted by Crippen LogP contribution is -2.26. The van der Waals surface area contributed by atoms with E-state index in [1.54, 1.807) is 20.0 Å². The number of hydrogen-bond acceptors (Lipinski definition) is 5. The summed E-state index contributed by atoms with van der Waals surface area (Å²) < 4.78 is 27.1. The topological polar surface area (TPSA) is 122 Å². The van der Waals surface area contributed by atoms with Gasteiger partial charge in [0, 0.05) is 18.4 Å². The summed E-state index contributed by atoms with van der Waals surface area (Å²) in [6.07, 6.45) is 6.58. The highest BCUT2D eigenvalue weighted by Crippen LogP contribution is 2.55. The van der Waals surface area contributed by atoms with Crippen LogP contribution in [0.1, 0.15) is 27.2 Å². The largest absolute Gasteiger partial charge is 0.481 e. The number of allylic oxidation sites excluding steroid dienone is 6. The second kappa shape index (κ2) is 9.29. The molecule has 9 heteroatoms. The Morgan fingerprint density at radius 1 is 1.18 bits per heavy atom. The molecule has 5 N–H and O–H groups in total. The van der Waals surface area contributed by atoms with E-state index in [4.69, 9.17) is 10.8 Å². The summed E-state index contributed by atoms with van der Waals surface area (Å²) in [6, 6.07) is 0. The van der Waals surface area contributed by atoms with Crippen molar-refractivity contribution in [3.8, 4) is 0 Å². The number of rotatable bonds is 9. The fourth-order valence-electron chi connectivity index (χ4n) is 2.54. The number of amides is 1. The normalized spacial score (nSPS) is 22.5. The van der Waals surface area contributed by atoms with Crippen molar-refractivity contribution in [2.45, 2.75) is 33.1 Å². The summed E-state index contributed by atoms with van der Waals surface area (Å²) in [5, 5.41) is 13.8. The van der Waals surface area contributed by atoms with Gasteiger partial charge in [0.05, 0.1) is 0 Å². The third-order valence-electron chi connectivity index (χ3n) is 4.15. The molecule has 28 heavy (non-hydrogen) atoms. The molecule has 0 bridgehead atoms. The zero-order valence-electron chi connectivity index (χ0n) is 16.2. The molecular formula is C19H25F2N3O4. The van der Waals surface area contributed by atoms with Gasteiger partial charge in [-0.2, -0.15) is 0 Å². The fraction of sp³-hybridized carbons (Fsp3) is 0.421. The number of Topliss-reactive ketones (excluding diaryl/α,β-unsaturated/α-hetero) is 1. The number of carboxylic acids is 1. The number of carbonyl (C=O) groups excluding carboxylic acids is 2. The molecule has 0 aromatic heterocycles. The van der Waals surface area contributed by atoms with Crippen molar-refractivity contribution in [3.05, 3.63) is 47.0 Å². The average Bonchev–Trinajstić information content (AvgIpc) is 3.19. The molecule has 2 unspecified atom stereocenters. The molecule has 2 atom stereocenters. The van der Waals surface area contributed by atoms with Crippen LogP contribution in [0.15, 0.2) is 47.0 Å². The maximum absolute atomic E-state index is 13.5. The lowest BCUT2D eigenvalue weighted by atomic mass is 10.1. The lowest BCUT2D eigenvalue weighted by molar-refractivity contribution is -0.141. The van der Waals surface area contributed by atoms with Crippen LogP contribution in [0, 0.1) is 11.8 Å². The van der Waals surface area contributed by atoms with Crippen LogP contribution in [0.2, 0.25) is 0 Å². The first-order valence-electron chi connectivity index (χ1n) is 8.64. The Labute approximate surface area is 162 Å². The molecule has 0 aromatic rings. The molecule has 0 spiro atoms. The van der Waals surface area contributed by atoms with Crippen molar-refractivity contribution in [3.63, 3.8) is 0 Å². The standard InChI is InChI=1S/C19H25F2N3O4/c1-5-6-7-12(9-8-10(2)16(25)15(23-4)11(3)22)24-17(26)13-14(18(27)28)19(13,20)21/h6-9,13-14,23H,5,22H2,1-4H3,(H,24,26)(H,27,28)/b7-6+,10-8+,12-9+,15-11+. The summed E-state index contributed by atoms with van der Waals surface area (Å²) in [6.45, 7) is 4.94. The first kappa shape index (κ1) is 23.1. The first-order chi connectivity index (χ1) is 13.0. The number of hydrogen-bond donors (Lipinski definition) is 4. The van der Waals surface area contributed by atoms with Crippen LogP contribution in [0.25, 0.3) is 0 Å². The minimum atomic E-state index is -3.58. The van der Waals surface area contributed by atoms with Crippen molar-refractivity contribution in [1.82, 2.24) is 10.6 Å². The van der Waals surface area contributed by atoms with Gasteiger partial charge in [0.15, 0.2) is 0 Å². The maximum atomic E-state index is 13.5. The quantitative estimate of drug-likeness (QED) is 0.348. The number of alkyl halides is 2. The van der Waals surface area contributed by atoms with E-state index in [-0.39, 0.29) is 17.2 Å². The van der Waals surface area contributed by atoms with Gasteiger partial charge in [-0.15, -0.1) is 0 Å². The average molecular weight is 397 g/mol. The van der Waals surface area contributed by atoms with Gasteiger partial charge in [-0.1, -0.05) is 19.1 Å². The molecule has 0 aliphatic heterocycles. The number of ketones is 1. The Balaban J connectivity index is 3.04. The number of carboxylic acid groups (broad SMARTS) is 1. The highest BCUT2D eigenvalue weighted by Gasteiger charge is 2.75. The van der Waals surface area contributed by atoms with Gasteiger partial charge >= 0.3 is 5.97 Å². The van der Waals surface area contributed by atoms with Gasteiger partial charge in [0.1, 0.15) is 17.5 Å². The number of aliphatic carboxylic acids is 1. The molecular weight excluding hydrogens is 372 g/mol. The number of nitrogens with one attached hydrogen (secondary N) is 2. The highest BCUT2D eigenvalue weighted by molar-refractivity contribution is 6.07. The van der Waals surface area contributed by atoms with Gasteiger partial charge in [-0.25, -0.2) is 8.78 Å². The molecule has 1 amide bonds. The third kappa shape index (κ3) is 5.28. The van der Waals surface area contributed by atoms with Crippen LogP contribution < -0.4 is 16.4 Å². The molecule has 0 aromatic carbocycles. The van der Waals surface area contributed by atoms with Gasteiger partial charge in [0.25, 0.3) is 5.92 Å². The van der Waals surface area contributed by atoms with Crippen molar-refractivity contribution in [2.24, 2.45) is 17.6 Å². The van der Waals surface area contributed by atoms with E-state index in [1.807, 2.05) is 6.92 Å². The van der Waals surface area contributed by atoms with Gasteiger partial charge < -0.3 is 21.5 Å². The molecule has 0 heterocycles. The van der Waals surface area contributed by atoms with E-state index >= 15 is 0 Å². The Bertz CT molecular complexity index is 778. The smallest absolute Gasteiger partial charge is 0.313 e. The number of halogens is 2. The van der Waals surface area contributed by atoms with E-state index in [0.29, 0.717) is 17.7 Å². The molecule has 7 nitrogen and oxygen atoms in total. The molecule has 1 rings (SSSR count). The Morgan fingerprint density at radius 2 is 1.79 bits per heavy atom. The Kier molecular flexibility index (Phi) is 7.66. The summed E-state index contributed by atoms with van der Waals surface area (Å²) in [5.74, 6) is -10.7. The predicted molar refractivity (Wildman–Crippen MR) is 99.9 cm³/mol. The van der Waals surface area contributed by atoms with Crippen LogP contribution in [0.5, 0.6) is 0 Å². The van der Waals surface area contributed by atoms with E-state index in [2.05, 4.69) is 10.6 Å². The van der Waals surface area contributed by atoms with E-state index in [1.165, 1.54) is 25.2 Å². The summed E-state index contributed by atoms with van der Waals surface area (Å²) in [4.78, 5) is 35.2. The first-order valence-corrected chi connectivity index (χ1v) is 8.64. The zero-order chi connectivity index (χ0) is 21.6. The maximum Gasteiger partial charge on any atom is 0.313 e.